The van der Waals surface area contributed by atoms with Gasteiger partial charge in [-0.1, -0.05) is 5.16 Å². The predicted molar refractivity (Wildman–Crippen MR) is 58.7 cm³/mol. The molecule has 5 heteroatoms. The van der Waals surface area contributed by atoms with E-state index in [9.17, 15) is 4.39 Å². The molecular weight excluding hydrogens is 263 g/mol. The third-order valence-corrected chi connectivity index (χ3v) is 2.85. The fraction of sp³-hybridized carbons (Fsp3) is 0.100. The third-order valence-electron chi connectivity index (χ3n) is 2.08. The van der Waals surface area contributed by atoms with Gasteiger partial charge in [-0.05, 0) is 46.6 Å². The van der Waals surface area contributed by atoms with Gasteiger partial charge < -0.3 is 10.3 Å². The molecule has 0 aliphatic heterocycles. The molecule has 0 saturated carbocycles. The largest absolute Gasteiger partial charge is 0.380 e. The fourth-order valence-corrected chi connectivity index (χ4v) is 1.63. The lowest BCUT2D eigenvalue weighted by Crippen LogP contribution is -1.85. The van der Waals surface area contributed by atoms with Crippen molar-refractivity contribution in [3.05, 3.63) is 34.1 Å². The second-order valence-corrected chi connectivity index (χ2v) is 3.97. The number of halogens is 2. The van der Waals surface area contributed by atoms with Crippen molar-refractivity contribution in [1.29, 1.82) is 0 Å². The maximum atomic E-state index is 13.0. The van der Waals surface area contributed by atoms with Gasteiger partial charge in [0, 0.05) is 5.56 Å². The zero-order chi connectivity index (χ0) is 11.0. The van der Waals surface area contributed by atoms with Crippen LogP contribution in [0.15, 0.2) is 27.2 Å². The Morgan fingerprint density at radius 1 is 1.47 bits per heavy atom. The monoisotopic (exact) mass is 270 g/mol. The number of hydrogen-bond acceptors (Lipinski definition) is 3. The van der Waals surface area contributed by atoms with E-state index in [0.717, 1.165) is 5.56 Å². The van der Waals surface area contributed by atoms with Crippen LogP contribution in [0, 0.1) is 12.7 Å². The van der Waals surface area contributed by atoms with Gasteiger partial charge in [0.05, 0.1) is 0 Å². The highest BCUT2D eigenvalue weighted by atomic mass is 79.9. The smallest absolute Gasteiger partial charge is 0.183 e. The van der Waals surface area contributed by atoms with E-state index in [4.69, 9.17) is 10.3 Å². The first-order chi connectivity index (χ1) is 7.09. The molecule has 15 heavy (non-hydrogen) atoms. The summed E-state index contributed by atoms with van der Waals surface area (Å²) >= 11 is 3.25. The molecule has 0 radical (unpaired) electrons. The van der Waals surface area contributed by atoms with Crippen molar-refractivity contribution in [1.82, 2.24) is 5.16 Å². The SMILES string of the molecule is Cc1cc(-c2onc(N)c2Br)ccc1F. The molecule has 2 N–H and O–H groups in total. The summed E-state index contributed by atoms with van der Waals surface area (Å²) in [5.74, 6) is 0.546. The number of anilines is 1. The highest BCUT2D eigenvalue weighted by Crippen LogP contribution is 2.32. The van der Waals surface area contributed by atoms with Crippen LogP contribution in [0.4, 0.5) is 10.2 Å². The van der Waals surface area contributed by atoms with Crippen LogP contribution in [0.25, 0.3) is 11.3 Å². The van der Waals surface area contributed by atoms with Crippen LogP contribution >= 0.6 is 15.9 Å². The van der Waals surface area contributed by atoms with Gasteiger partial charge in [0.25, 0.3) is 0 Å². The molecule has 0 aliphatic carbocycles. The summed E-state index contributed by atoms with van der Waals surface area (Å²) in [7, 11) is 0. The average molecular weight is 271 g/mol. The first-order valence-corrected chi connectivity index (χ1v) is 5.06. The molecule has 0 saturated heterocycles. The maximum absolute atomic E-state index is 13.0. The van der Waals surface area contributed by atoms with Gasteiger partial charge in [-0.2, -0.15) is 0 Å². The molecule has 78 valence electrons. The number of nitrogen functional groups attached to an aromatic ring is 1. The minimum Gasteiger partial charge on any atom is -0.380 e. The molecule has 0 aliphatic rings. The zero-order valence-electron chi connectivity index (χ0n) is 7.92. The van der Waals surface area contributed by atoms with Gasteiger partial charge in [0.1, 0.15) is 10.3 Å². The van der Waals surface area contributed by atoms with E-state index in [1.165, 1.54) is 6.07 Å². The Bertz CT molecular complexity index is 510. The summed E-state index contributed by atoms with van der Waals surface area (Å²) in [6, 6.07) is 4.68. The van der Waals surface area contributed by atoms with E-state index in [-0.39, 0.29) is 11.6 Å². The van der Waals surface area contributed by atoms with Crippen molar-refractivity contribution in [2.45, 2.75) is 6.92 Å². The normalized spacial score (nSPS) is 10.6. The highest BCUT2D eigenvalue weighted by Gasteiger charge is 2.13. The van der Waals surface area contributed by atoms with E-state index < -0.39 is 0 Å². The molecule has 3 nitrogen and oxygen atoms in total. The Morgan fingerprint density at radius 3 is 2.73 bits per heavy atom. The molecule has 0 spiro atoms. The van der Waals surface area contributed by atoms with E-state index in [2.05, 4.69) is 21.1 Å². The number of hydrogen-bond donors (Lipinski definition) is 1. The van der Waals surface area contributed by atoms with Crippen LogP contribution in [0.3, 0.4) is 0 Å². The van der Waals surface area contributed by atoms with Crippen LogP contribution in [0.1, 0.15) is 5.56 Å². The lowest BCUT2D eigenvalue weighted by atomic mass is 10.1. The summed E-state index contributed by atoms with van der Waals surface area (Å²) in [6.07, 6.45) is 0. The summed E-state index contributed by atoms with van der Waals surface area (Å²) in [4.78, 5) is 0. The number of aryl methyl sites for hydroxylation is 1. The van der Waals surface area contributed by atoms with Gasteiger partial charge in [-0.3, -0.25) is 0 Å². The molecule has 0 bridgehead atoms. The van der Waals surface area contributed by atoms with Crippen LogP contribution in [0.5, 0.6) is 0 Å². The molecular formula is C10H8BrFN2O. The standard InChI is InChI=1S/C10H8BrFN2O/c1-5-4-6(2-3-7(5)12)9-8(11)10(13)14-15-9/h2-4H,1H3,(H2,13,14). The van der Waals surface area contributed by atoms with Gasteiger partial charge >= 0.3 is 0 Å². The van der Waals surface area contributed by atoms with Crippen molar-refractivity contribution < 1.29 is 8.91 Å². The van der Waals surface area contributed by atoms with Crippen molar-refractivity contribution in [2.75, 3.05) is 5.73 Å². The molecule has 1 heterocycles. The lowest BCUT2D eigenvalue weighted by molar-refractivity contribution is 0.435. The van der Waals surface area contributed by atoms with Crippen LogP contribution in [0.2, 0.25) is 0 Å². The number of nitrogens with zero attached hydrogens (tertiary/aromatic N) is 1. The molecule has 1 aromatic heterocycles. The third kappa shape index (κ3) is 1.74. The number of rotatable bonds is 1. The zero-order valence-corrected chi connectivity index (χ0v) is 9.51. The summed E-state index contributed by atoms with van der Waals surface area (Å²) < 4.78 is 18.7. The lowest BCUT2D eigenvalue weighted by Gasteiger charge is -1.99. The van der Waals surface area contributed by atoms with Crippen molar-refractivity contribution in [3.8, 4) is 11.3 Å². The van der Waals surface area contributed by atoms with Gasteiger partial charge in [0.15, 0.2) is 11.6 Å². The Balaban J connectivity index is 2.55. The number of nitrogens with two attached hydrogens (primary N) is 1. The number of benzene rings is 1. The Kier molecular flexibility index (Phi) is 2.48. The molecule has 2 rings (SSSR count). The molecule has 1 aromatic carbocycles. The van der Waals surface area contributed by atoms with Crippen molar-refractivity contribution >= 4 is 21.7 Å². The Labute approximate surface area is 94.2 Å². The fourth-order valence-electron chi connectivity index (χ4n) is 1.26. The van der Waals surface area contributed by atoms with E-state index >= 15 is 0 Å². The van der Waals surface area contributed by atoms with Gasteiger partial charge in [-0.15, -0.1) is 0 Å². The first kappa shape index (κ1) is 10.2. The van der Waals surface area contributed by atoms with Crippen LogP contribution in [-0.4, -0.2) is 5.16 Å². The Morgan fingerprint density at radius 2 is 2.20 bits per heavy atom. The van der Waals surface area contributed by atoms with Crippen molar-refractivity contribution in [2.24, 2.45) is 0 Å². The quantitative estimate of drug-likeness (QED) is 0.866. The predicted octanol–water partition coefficient (Wildman–Crippen LogP) is 3.13. The first-order valence-electron chi connectivity index (χ1n) is 4.26. The summed E-state index contributed by atoms with van der Waals surface area (Å²) in [5.41, 5.74) is 6.81. The van der Waals surface area contributed by atoms with Gasteiger partial charge in [0.2, 0.25) is 0 Å². The maximum Gasteiger partial charge on any atom is 0.183 e. The molecule has 0 atom stereocenters. The second-order valence-electron chi connectivity index (χ2n) is 3.17. The van der Waals surface area contributed by atoms with E-state index in [1.54, 1.807) is 19.1 Å². The minimum absolute atomic E-state index is 0.248. The second kappa shape index (κ2) is 3.66. The van der Waals surface area contributed by atoms with Gasteiger partial charge in [-0.25, -0.2) is 4.39 Å². The number of aromatic nitrogens is 1. The van der Waals surface area contributed by atoms with Crippen LogP contribution in [-0.2, 0) is 0 Å². The Hall–Kier alpha value is -1.36. The van der Waals surface area contributed by atoms with E-state index in [1.807, 2.05) is 0 Å². The van der Waals surface area contributed by atoms with Crippen LogP contribution < -0.4 is 5.73 Å². The molecule has 2 aromatic rings. The summed E-state index contributed by atoms with van der Waals surface area (Å²) in [6.45, 7) is 1.69. The average Bonchev–Trinajstić information content (AvgIpc) is 2.53. The topological polar surface area (TPSA) is 52.0 Å². The van der Waals surface area contributed by atoms with E-state index in [0.29, 0.717) is 15.8 Å². The molecule has 0 amide bonds. The summed E-state index contributed by atoms with van der Waals surface area (Å²) in [5, 5.41) is 3.61. The molecule has 0 fully saturated rings. The molecule has 0 unspecified atom stereocenters. The minimum atomic E-state index is -0.248. The van der Waals surface area contributed by atoms with Crippen molar-refractivity contribution in [3.63, 3.8) is 0 Å². The highest BCUT2D eigenvalue weighted by molar-refractivity contribution is 9.10.